The minimum absolute atomic E-state index is 0.572. The molecule has 0 amide bonds. The number of rotatable bonds is 5. The number of nitrogens with zero attached hydrogens (tertiary/aromatic N) is 2. The van der Waals surface area contributed by atoms with Crippen molar-refractivity contribution in [2.45, 2.75) is 38.4 Å². The Kier molecular flexibility index (Phi) is 4.61. The van der Waals surface area contributed by atoms with Crippen molar-refractivity contribution in [3.8, 4) is 5.75 Å². The molecule has 0 spiro atoms. The highest BCUT2D eigenvalue weighted by atomic mass is 16.5. The minimum Gasteiger partial charge on any atom is -0.489 e. The van der Waals surface area contributed by atoms with Crippen molar-refractivity contribution in [3.05, 3.63) is 42.5 Å². The van der Waals surface area contributed by atoms with E-state index in [1.54, 1.807) is 6.08 Å². The fraction of sp³-hybridized carbons (Fsp3) is 0.556. The van der Waals surface area contributed by atoms with E-state index in [0.717, 1.165) is 18.3 Å². The van der Waals surface area contributed by atoms with Crippen LogP contribution >= 0.6 is 0 Å². The molecule has 0 saturated carbocycles. The molecule has 2 saturated heterocycles. The number of piperazine rings is 1. The van der Waals surface area contributed by atoms with Gasteiger partial charge in [0, 0.05) is 37.3 Å². The van der Waals surface area contributed by atoms with Crippen molar-refractivity contribution in [1.82, 2.24) is 9.80 Å². The second-order valence-corrected chi connectivity index (χ2v) is 6.28. The van der Waals surface area contributed by atoms with E-state index in [-0.39, 0.29) is 0 Å². The minimum atomic E-state index is 0.572. The smallest absolute Gasteiger partial charge is 0.124 e. The second-order valence-electron chi connectivity index (χ2n) is 6.28. The molecular weight excluding hydrogens is 260 g/mol. The predicted octanol–water partition coefficient (Wildman–Crippen LogP) is 2.92. The van der Waals surface area contributed by atoms with Crippen molar-refractivity contribution in [2.24, 2.45) is 0 Å². The fourth-order valence-electron chi connectivity index (χ4n) is 3.61. The molecule has 21 heavy (non-hydrogen) atoms. The first kappa shape index (κ1) is 14.6. The molecule has 0 aromatic heterocycles. The van der Waals surface area contributed by atoms with Gasteiger partial charge < -0.3 is 4.74 Å². The lowest BCUT2D eigenvalue weighted by Gasteiger charge is -2.42. The molecule has 1 aromatic carbocycles. The summed E-state index contributed by atoms with van der Waals surface area (Å²) in [5.41, 5.74) is 1.29. The maximum Gasteiger partial charge on any atom is 0.124 e. The van der Waals surface area contributed by atoms with Crippen molar-refractivity contribution in [3.63, 3.8) is 0 Å². The zero-order valence-electron chi connectivity index (χ0n) is 13.0. The topological polar surface area (TPSA) is 15.7 Å². The molecular formula is C18H26N2O. The molecule has 2 atom stereocenters. The van der Waals surface area contributed by atoms with Crippen molar-refractivity contribution >= 4 is 0 Å². The van der Waals surface area contributed by atoms with Gasteiger partial charge in [0.25, 0.3) is 0 Å². The van der Waals surface area contributed by atoms with Crippen LogP contribution in [0.1, 0.15) is 25.3 Å². The first-order chi connectivity index (χ1) is 10.3. The molecule has 0 radical (unpaired) electrons. The van der Waals surface area contributed by atoms with Crippen LogP contribution in [0.4, 0.5) is 0 Å². The Morgan fingerprint density at radius 2 is 2.19 bits per heavy atom. The molecule has 2 aliphatic rings. The summed E-state index contributed by atoms with van der Waals surface area (Å²) in [7, 11) is 0. The van der Waals surface area contributed by atoms with Gasteiger partial charge in [-0.2, -0.15) is 0 Å². The van der Waals surface area contributed by atoms with E-state index in [1.807, 2.05) is 6.07 Å². The van der Waals surface area contributed by atoms with Crippen LogP contribution in [-0.2, 0) is 6.54 Å². The van der Waals surface area contributed by atoms with Gasteiger partial charge in [-0.3, -0.25) is 9.80 Å². The summed E-state index contributed by atoms with van der Waals surface area (Å²) < 4.78 is 5.79. The molecule has 2 fully saturated rings. The molecule has 3 nitrogen and oxygen atoms in total. The fourth-order valence-corrected chi connectivity index (χ4v) is 3.61. The number of benzene rings is 1. The summed E-state index contributed by atoms with van der Waals surface area (Å²) >= 11 is 0. The maximum atomic E-state index is 5.79. The van der Waals surface area contributed by atoms with E-state index in [9.17, 15) is 0 Å². The molecule has 1 aromatic rings. The number of ether oxygens (including phenoxy) is 1. The van der Waals surface area contributed by atoms with Crippen molar-refractivity contribution in [2.75, 3.05) is 26.2 Å². The quantitative estimate of drug-likeness (QED) is 0.774. The van der Waals surface area contributed by atoms with Gasteiger partial charge in [-0.05, 0) is 32.4 Å². The van der Waals surface area contributed by atoms with Gasteiger partial charge in [0.1, 0.15) is 12.4 Å². The zero-order valence-corrected chi connectivity index (χ0v) is 13.0. The van der Waals surface area contributed by atoms with E-state index in [1.165, 1.54) is 38.0 Å². The third-order valence-corrected chi connectivity index (χ3v) is 4.77. The molecule has 0 bridgehead atoms. The first-order valence-corrected chi connectivity index (χ1v) is 8.07. The third-order valence-electron chi connectivity index (χ3n) is 4.77. The second kappa shape index (κ2) is 6.63. The number of hydrogen-bond acceptors (Lipinski definition) is 3. The first-order valence-electron chi connectivity index (χ1n) is 8.07. The summed E-state index contributed by atoms with van der Waals surface area (Å²) in [6.07, 6.45) is 4.53. The van der Waals surface area contributed by atoms with Gasteiger partial charge in [0.2, 0.25) is 0 Å². The largest absolute Gasteiger partial charge is 0.489 e. The zero-order chi connectivity index (χ0) is 14.7. The number of hydrogen-bond donors (Lipinski definition) is 0. The van der Waals surface area contributed by atoms with Crippen LogP contribution < -0.4 is 4.74 Å². The molecule has 0 unspecified atom stereocenters. The van der Waals surface area contributed by atoms with Gasteiger partial charge >= 0.3 is 0 Å². The normalized spacial score (nSPS) is 26.5. The van der Waals surface area contributed by atoms with Crippen LogP contribution in [0.3, 0.4) is 0 Å². The highest BCUT2D eigenvalue weighted by Crippen LogP contribution is 2.27. The summed E-state index contributed by atoms with van der Waals surface area (Å²) in [4.78, 5) is 5.28. The van der Waals surface area contributed by atoms with E-state index in [4.69, 9.17) is 4.74 Å². The van der Waals surface area contributed by atoms with E-state index in [0.29, 0.717) is 12.6 Å². The maximum absolute atomic E-state index is 5.79. The van der Waals surface area contributed by atoms with Gasteiger partial charge in [-0.25, -0.2) is 0 Å². The lowest BCUT2D eigenvalue weighted by molar-refractivity contribution is 0.0534. The Morgan fingerprint density at radius 3 is 3.05 bits per heavy atom. The molecule has 2 aliphatic heterocycles. The highest BCUT2D eigenvalue weighted by Gasteiger charge is 2.34. The van der Waals surface area contributed by atoms with Crippen LogP contribution in [-0.4, -0.2) is 48.1 Å². The Balaban J connectivity index is 1.69. The average molecular weight is 286 g/mol. The Morgan fingerprint density at radius 1 is 1.33 bits per heavy atom. The van der Waals surface area contributed by atoms with Crippen molar-refractivity contribution in [1.29, 1.82) is 0 Å². The lowest BCUT2D eigenvalue weighted by atomic mass is 10.1. The summed E-state index contributed by atoms with van der Waals surface area (Å²) in [6.45, 7) is 11.3. The molecule has 3 rings (SSSR count). The number of fused-ring (bicyclic) bond motifs is 1. The average Bonchev–Trinajstić information content (AvgIpc) is 2.94. The van der Waals surface area contributed by atoms with E-state index >= 15 is 0 Å². The van der Waals surface area contributed by atoms with Crippen molar-refractivity contribution < 1.29 is 4.74 Å². The highest BCUT2D eigenvalue weighted by molar-refractivity contribution is 5.33. The summed E-state index contributed by atoms with van der Waals surface area (Å²) in [5, 5.41) is 0. The van der Waals surface area contributed by atoms with Crippen LogP contribution in [0.5, 0.6) is 5.75 Å². The monoisotopic (exact) mass is 286 g/mol. The van der Waals surface area contributed by atoms with E-state index in [2.05, 4.69) is 41.5 Å². The summed E-state index contributed by atoms with van der Waals surface area (Å²) in [5.74, 6) is 0.999. The molecule has 114 valence electrons. The Bertz CT molecular complexity index is 488. The SMILES string of the molecule is C=CCOc1ccccc1CN1C[C@H]2CCCN2C[C@@H]1C. The molecule has 0 N–H and O–H groups in total. The predicted molar refractivity (Wildman–Crippen MR) is 86.6 cm³/mol. The molecule has 2 heterocycles. The Labute approximate surface area is 128 Å². The van der Waals surface area contributed by atoms with Gasteiger partial charge in [-0.15, -0.1) is 0 Å². The Hall–Kier alpha value is -1.32. The lowest BCUT2D eigenvalue weighted by Crippen LogP contribution is -2.54. The van der Waals surface area contributed by atoms with Crippen LogP contribution in [0, 0.1) is 0 Å². The number of para-hydroxylation sites is 1. The van der Waals surface area contributed by atoms with Crippen LogP contribution in [0.25, 0.3) is 0 Å². The van der Waals surface area contributed by atoms with Gasteiger partial charge in [0.15, 0.2) is 0 Å². The van der Waals surface area contributed by atoms with E-state index < -0.39 is 0 Å². The summed E-state index contributed by atoms with van der Waals surface area (Å²) in [6, 6.07) is 9.78. The van der Waals surface area contributed by atoms with Gasteiger partial charge in [0.05, 0.1) is 0 Å². The molecule has 0 aliphatic carbocycles. The third kappa shape index (κ3) is 3.30. The van der Waals surface area contributed by atoms with Crippen LogP contribution in [0.2, 0.25) is 0 Å². The molecule has 3 heteroatoms. The standard InChI is InChI=1S/C18H26N2O/c1-3-11-21-18-9-5-4-7-16(18)13-20-14-17-8-6-10-19(17)12-15(20)2/h3-5,7,9,15,17H,1,6,8,10-14H2,2H3/t15-,17+/m0/s1. The van der Waals surface area contributed by atoms with Crippen LogP contribution in [0.15, 0.2) is 36.9 Å². The van der Waals surface area contributed by atoms with Gasteiger partial charge in [-0.1, -0.05) is 30.9 Å².